The summed E-state index contributed by atoms with van der Waals surface area (Å²) in [7, 11) is 0. The molecule has 0 spiro atoms. The van der Waals surface area contributed by atoms with Gasteiger partial charge in [0.2, 0.25) is 6.41 Å². The van der Waals surface area contributed by atoms with Crippen molar-refractivity contribution in [2.24, 2.45) is 0 Å². The third-order valence-corrected chi connectivity index (χ3v) is 5.56. The highest BCUT2D eigenvalue weighted by Gasteiger charge is 2.35. The molecule has 0 aliphatic carbocycles. The molecule has 1 fully saturated rings. The number of aromatic nitrogens is 2. The van der Waals surface area contributed by atoms with Crippen LogP contribution in [0, 0.1) is 0 Å². The minimum Gasteiger partial charge on any atom is -0.330 e. The van der Waals surface area contributed by atoms with Gasteiger partial charge in [-0.2, -0.15) is 0 Å². The second-order valence-corrected chi connectivity index (χ2v) is 7.43. The molecule has 4 rings (SSSR count). The number of carbonyl (C=O) groups is 1. The first-order chi connectivity index (χ1) is 12.2. The third-order valence-electron chi connectivity index (χ3n) is 4.73. The van der Waals surface area contributed by atoms with Crippen LogP contribution >= 0.6 is 27.5 Å². The molecule has 1 amide bonds. The van der Waals surface area contributed by atoms with Gasteiger partial charge in [0.1, 0.15) is 0 Å². The third kappa shape index (κ3) is 3.02. The van der Waals surface area contributed by atoms with E-state index in [1.165, 1.54) is 0 Å². The Balaban J connectivity index is 1.70. The monoisotopic (exact) mass is 415 g/mol. The fraction of sp³-hybridized carbons (Fsp3) is 0.211. The average molecular weight is 417 g/mol. The maximum absolute atomic E-state index is 11.8. The normalized spacial score (nSPS) is 20.2. The van der Waals surface area contributed by atoms with Crippen molar-refractivity contribution in [3.05, 3.63) is 69.5 Å². The number of rotatable bonds is 3. The zero-order valence-electron chi connectivity index (χ0n) is 13.3. The number of amides is 1. The number of likely N-dealkylation sites (tertiary alicyclic amines) is 1. The topological polar surface area (TPSA) is 46.1 Å². The van der Waals surface area contributed by atoms with E-state index in [0.717, 1.165) is 45.9 Å². The second-order valence-electron chi connectivity index (χ2n) is 6.14. The molecule has 0 saturated carbocycles. The number of hydrogen-bond acceptors (Lipinski definition) is 3. The highest BCUT2D eigenvalue weighted by atomic mass is 79.9. The van der Waals surface area contributed by atoms with Crippen LogP contribution in [0.25, 0.3) is 10.9 Å². The zero-order valence-corrected chi connectivity index (χ0v) is 15.6. The number of hydrogen-bond donors (Lipinski definition) is 0. The smallest absolute Gasteiger partial charge is 0.210 e. The summed E-state index contributed by atoms with van der Waals surface area (Å²) in [4.78, 5) is 22.6. The fourth-order valence-electron chi connectivity index (χ4n) is 3.51. The van der Waals surface area contributed by atoms with E-state index in [-0.39, 0.29) is 12.1 Å². The molecular formula is C19H15BrClN3O. The van der Waals surface area contributed by atoms with Crippen molar-refractivity contribution in [3.8, 4) is 0 Å². The van der Waals surface area contributed by atoms with Gasteiger partial charge in [-0.05, 0) is 58.6 Å². The number of carbonyl (C=O) groups excluding carboxylic acids is 1. The lowest BCUT2D eigenvalue weighted by molar-refractivity contribution is -0.121. The van der Waals surface area contributed by atoms with Gasteiger partial charge in [-0.1, -0.05) is 23.7 Å². The minimum atomic E-state index is -0.0253. The Morgan fingerprint density at radius 3 is 2.60 bits per heavy atom. The molecule has 0 radical (unpaired) electrons. The lowest BCUT2D eigenvalue weighted by Gasteiger charge is -2.26. The molecule has 0 bridgehead atoms. The van der Waals surface area contributed by atoms with E-state index in [2.05, 4.69) is 20.9 Å². The SMILES string of the molecule is O=CN1C(c2ccc(Cl)cc2)CCC1c1ccc2cncc(Br)c2n1. The van der Waals surface area contributed by atoms with E-state index in [1.54, 1.807) is 12.4 Å². The Kier molecular flexibility index (Phi) is 4.44. The van der Waals surface area contributed by atoms with Crippen LogP contribution in [-0.2, 0) is 4.79 Å². The van der Waals surface area contributed by atoms with Crippen LogP contribution in [0.5, 0.6) is 0 Å². The maximum Gasteiger partial charge on any atom is 0.210 e. The first kappa shape index (κ1) is 16.5. The van der Waals surface area contributed by atoms with E-state index in [4.69, 9.17) is 16.6 Å². The van der Waals surface area contributed by atoms with Gasteiger partial charge in [0.05, 0.1) is 27.8 Å². The van der Waals surface area contributed by atoms with Crippen molar-refractivity contribution < 1.29 is 4.79 Å². The first-order valence-corrected chi connectivity index (χ1v) is 9.23. The fourth-order valence-corrected chi connectivity index (χ4v) is 4.07. The van der Waals surface area contributed by atoms with Gasteiger partial charge in [-0.3, -0.25) is 9.78 Å². The van der Waals surface area contributed by atoms with Crippen LogP contribution in [0.2, 0.25) is 5.02 Å². The van der Waals surface area contributed by atoms with Gasteiger partial charge in [-0.25, -0.2) is 4.98 Å². The molecule has 3 aromatic rings. The predicted molar refractivity (Wildman–Crippen MR) is 101 cm³/mol. The molecule has 2 aromatic heterocycles. The Hall–Kier alpha value is -1.98. The minimum absolute atomic E-state index is 0.0253. The molecule has 0 N–H and O–H groups in total. The predicted octanol–water partition coefficient (Wildman–Crippen LogP) is 5.08. The summed E-state index contributed by atoms with van der Waals surface area (Å²) in [6.45, 7) is 0. The molecule has 2 atom stereocenters. The summed E-state index contributed by atoms with van der Waals surface area (Å²) in [5.74, 6) is 0. The standard InChI is InChI=1S/C19H15BrClN3O/c20-15-10-22-9-13-3-6-16(23-19(13)15)18-8-7-17(24(18)11-25)12-1-4-14(21)5-2-12/h1-6,9-11,17-18H,7-8H2. The Morgan fingerprint density at radius 1 is 1.08 bits per heavy atom. The van der Waals surface area contributed by atoms with E-state index in [1.807, 2.05) is 41.3 Å². The van der Waals surface area contributed by atoms with Crippen molar-refractivity contribution in [1.29, 1.82) is 0 Å². The average Bonchev–Trinajstić information content (AvgIpc) is 3.06. The van der Waals surface area contributed by atoms with Crippen LogP contribution in [0.1, 0.15) is 36.2 Å². The summed E-state index contributed by atoms with van der Waals surface area (Å²) in [6.07, 6.45) is 6.25. The second kappa shape index (κ2) is 6.73. The number of benzene rings is 1. The number of nitrogens with zero attached hydrogens (tertiary/aromatic N) is 3. The molecule has 4 nitrogen and oxygen atoms in total. The Morgan fingerprint density at radius 2 is 1.84 bits per heavy atom. The Labute approximate surface area is 159 Å². The summed E-state index contributed by atoms with van der Waals surface area (Å²) >= 11 is 9.49. The van der Waals surface area contributed by atoms with Crippen LogP contribution < -0.4 is 0 Å². The molecule has 3 heterocycles. The molecule has 2 unspecified atom stereocenters. The zero-order chi connectivity index (χ0) is 17.4. The van der Waals surface area contributed by atoms with Gasteiger partial charge in [0.25, 0.3) is 0 Å². The quantitative estimate of drug-likeness (QED) is 0.559. The van der Waals surface area contributed by atoms with Crippen LogP contribution in [0.4, 0.5) is 0 Å². The Bertz CT molecular complexity index is 932. The van der Waals surface area contributed by atoms with Crippen molar-refractivity contribution in [2.45, 2.75) is 24.9 Å². The summed E-state index contributed by atoms with van der Waals surface area (Å²) in [5.41, 5.74) is 2.88. The highest BCUT2D eigenvalue weighted by molar-refractivity contribution is 9.10. The first-order valence-electron chi connectivity index (χ1n) is 8.06. The largest absolute Gasteiger partial charge is 0.330 e. The molecule has 1 aromatic carbocycles. The van der Waals surface area contributed by atoms with Gasteiger partial charge >= 0.3 is 0 Å². The molecule has 1 aliphatic heterocycles. The molecule has 25 heavy (non-hydrogen) atoms. The van der Waals surface area contributed by atoms with E-state index >= 15 is 0 Å². The van der Waals surface area contributed by atoms with Gasteiger partial charge < -0.3 is 4.90 Å². The molecule has 6 heteroatoms. The summed E-state index contributed by atoms with van der Waals surface area (Å²) in [6, 6.07) is 11.7. The number of halogens is 2. The van der Waals surface area contributed by atoms with Crippen LogP contribution in [0.3, 0.4) is 0 Å². The van der Waals surface area contributed by atoms with E-state index in [0.29, 0.717) is 5.02 Å². The summed E-state index contributed by atoms with van der Waals surface area (Å²) in [5, 5.41) is 1.67. The number of pyridine rings is 2. The van der Waals surface area contributed by atoms with Crippen molar-refractivity contribution in [1.82, 2.24) is 14.9 Å². The van der Waals surface area contributed by atoms with Gasteiger partial charge in [0, 0.05) is 22.8 Å². The molecular weight excluding hydrogens is 402 g/mol. The highest BCUT2D eigenvalue weighted by Crippen LogP contribution is 2.42. The van der Waals surface area contributed by atoms with E-state index in [9.17, 15) is 4.79 Å². The lowest BCUT2D eigenvalue weighted by atomic mass is 10.0. The maximum atomic E-state index is 11.8. The lowest BCUT2D eigenvalue weighted by Crippen LogP contribution is -2.25. The van der Waals surface area contributed by atoms with Crippen LogP contribution in [0.15, 0.2) is 53.3 Å². The van der Waals surface area contributed by atoms with Crippen molar-refractivity contribution >= 4 is 44.8 Å². The summed E-state index contributed by atoms with van der Waals surface area (Å²) < 4.78 is 0.858. The number of fused-ring (bicyclic) bond motifs is 1. The van der Waals surface area contributed by atoms with Gasteiger partial charge in [0.15, 0.2) is 0 Å². The molecule has 1 aliphatic rings. The molecule has 1 saturated heterocycles. The van der Waals surface area contributed by atoms with Crippen LogP contribution in [-0.4, -0.2) is 21.3 Å². The van der Waals surface area contributed by atoms with E-state index < -0.39 is 0 Å². The van der Waals surface area contributed by atoms with Crippen molar-refractivity contribution in [3.63, 3.8) is 0 Å². The molecule has 126 valence electrons. The van der Waals surface area contributed by atoms with Crippen molar-refractivity contribution in [2.75, 3.05) is 0 Å². The van der Waals surface area contributed by atoms with Gasteiger partial charge in [-0.15, -0.1) is 0 Å².